The lowest BCUT2D eigenvalue weighted by Gasteiger charge is -2.07. The Morgan fingerprint density at radius 2 is 1.95 bits per heavy atom. The number of methoxy groups -OCH3 is 1. The van der Waals surface area contributed by atoms with Crippen molar-refractivity contribution < 1.29 is 13.2 Å². The van der Waals surface area contributed by atoms with Gasteiger partial charge in [-0.2, -0.15) is 10.1 Å². The second-order valence-electron chi connectivity index (χ2n) is 3.50. The van der Waals surface area contributed by atoms with Crippen molar-refractivity contribution >= 4 is 21.5 Å². The van der Waals surface area contributed by atoms with E-state index in [9.17, 15) is 8.42 Å². The number of nitrogens with two attached hydrogens (primary N) is 1. The summed E-state index contributed by atoms with van der Waals surface area (Å²) in [7, 11) is -2.39. The highest BCUT2D eigenvalue weighted by Gasteiger charge is 2.15. The Labute approximate surface area is 109 Å². The summed E-state index contributed by atoms with van der Waals surface area (Å²) >= 11 is 0. The van der Waals surface area contributed by atoms with E-state index in [0.717, 1.165) is 0 Å². The van der Waals surface area contributed by atoms with Crippen LogP contribution in [0.15, 0.2) is 35.4 Å². The van der Waals surface area contributed by atoms with Crippen molar-refractivity contribution in [1.82, 2.24) is 15.2 Å². The van der Waals surface area contributed by atoms with Gasteiger partial charge < -0.3 is 10.5 Å². The van der Waals surface area contributed by atoms with Gasteiger partial charge in [-0.05, 0) is 24.3 Å². The van der Waals surface area contributed by atoms with Gasteiger partial charge in [0.25, 0.3) is 10.0 Å². The molecule has 19 heavy (non-hydrogen) atoms. The summed E-state index contributed by atoms with van der Waals surface area (Å²) in [6.07, 6.45) is 1.18. The molecule has 0 fully saturated rings. The first kappa shape index (κ1) is 13.0. The number of ether oxygens (including phenoxy) is 1. The van der Waals surface area contributed by atoms with Crippen LogP contribution in [-0.4, -0.2) is 30.7 Å². The first-order valence-corrected chi connectivity index (χ1v) is 6.61. The van der Waals surface area contributed by atoms with E-state index in [1.165, 1.54) is 37.6 Å². The zero-order valence-corrected chi connectivity index (χ0v) is 10.8. The number of hydrogen-bond acceptors (Lipinski definition) is 7. The van der Waals surface area contributed by atoms with Crippen LogP contribution < -0.4 is 15.2 Å². The van der Waals surface area contributed by atoms with Crippen molar-refractivity contribution in [3.63, 3.8) is 0 Å². The summed E-state index contributed by atoms with van der Waals surface area (Å²) in [4.78, 5) is 3.88. The molecule has 100 valence electrons. The molecule has 0 unspecified atom stereocenters. The maximum absolute atomic E-state index is 12.0. The van der Waals surface area contributed by atoms with E-state index < -0.39 is 10.0 Å². The Balaban J connectivity index is 2.28. The number of aromatic nitrogens is 3. The number of hydrogen-bond donors (Lipinski definition) is 2. The average Bonchev–Trinajstić information content (AvgIpc) is 2.39. The molecule has 0 aliphatic heterocycles. The lowest BCUT2D eigenvalue weighted by Crippen LogP contribution is -2.14. The highest BCUT2D eigenvalue weighted by atomic mass is 32.2. The van der Waals surface area contributed by atoms with E-state index in [2.05, 4.69) is 19.9 Å². The molecule has 0 aliphatic carbocycles. The summed E-state index contributed by atoms with van der Waals surface area (Å²) in [6, 6.07) is 5.74. The first-order chi connectivity index (χ1) is 9.01. The number of benzene rings is 1. The molecule has 1 aromatic carbocycles. The van der Waals surface area contributed by atoms with Gasteiger partial charge in [0.05, 0.1) is 18.2 Å². The van der Waals surface area contributed by atoms with E-state index in [1.54, 1.807) is 0 Å². The van der Waals surface area contributed by atoms with E-state index in [1.807, 2.05) is 0 Å². The second kappa shape index (κ2) is 5.06. The maximum atomic E-state index is 12.0. The summed E-state index contributed by atoms with van der Waals surface area (Å²) in [5.74, 6) is 0.0173. The quantitative estimate of drug-likeness (QED) is 0.771. The Hall–Kier alpha value is -2.42. The van der Waals surface area contributed by atoms with Gasteiger partial charge in [-0.25, -0.2) is 8.42 Å². The number of nitrogen functional groups attached to an aromatic ring is 1. The standard InChI is InChI=1S/C10H11N5O3S/c1-18-10-13-9(6-12-14-10)15-19(16,17)8-4-2-7(11)3-5-8/h2-6H,11H2,1H3,(H,13,14,15). The van der Waals surface area contributed by atoms with Crippen molar-refractivity contribution in [2.75, 3.05) is 17.6 Å². The van der Waals surface area contributed by atoms with Crippen LogP contribution in [0, 0.1) is 0 Å². The molecule has 0 saturated carbocycles. The van der Waals surface area contributed by atoms with Gasteiger partial charge in [0, 0.05) is 5.69 Å². The zero-order chi connectivity index (χ0) is 13.9. The van der Waals surface area contributed by atoms with Crippen LogP contribution in [0.4, 0.5) is 11.5 Å². The minimum atomic E-state index is -3.75. The molecule has 0 radical (unpaired) electrons. The molecule has 3 N–H and O–H groups in total. The predicted octanol–water partition coefficient (Wildman–Crippen LogP) is 0.263. The molecule has 0 amide bonds. The van der Waals surface area contributed by atoms with Gasteiger partial charge in [-0.15, -0.1) is 0 Å². The lowest BCUT2D eigenvalue weighted by molar-refractivity contribution is 0.374. The number of nitrogens with zero attached hydrogens (tertiary/aromatic N) is 3. The van der Waals surface area contributed by atoms with Crippen LogP contribution in [0.1, 0.15) is 0 Å². The van der Waals surface area contributed by atoms with E-state index >= 15 is 0 Å². The number of sulfonamides is 1. The summed E-state index contributed by atoms with van der Waals surface area (Å²) < 4.78 is 31.1. The van der Waals surface area contributed by atoms with E-state index in [0.29, 0.717) is 5.69 Å². The highest BCUT2D eigenvalue weighted by molar-refractivity contribution is 7.92. The fourth-order valence-electron chi connectivity index (χ4n) is 1.27. The van der Waals surface area contributed by atoms with Gasteiger partial charge in [-0.1, -0.05) is 5.10 Å². The predicted molar refractivity (Wildman–Crippen MR) is 68.0 cm³/mol. The maximum Gasteiger partial charge on any atom is 0.337 e. The molecule has 0 aliphatic rings. The Morgan fingerprint density at radius 1 is 1.26 bits per heavy atom. The van der Waals surface area contributed by atoms with Crippen molar-refractivity contribution in [3.8, 4) is 6.01 Å². The number of nitrogens with one attached hydrogen (secondary N) is 1. The van der Waals surface area contributed by atoms with Gasteiger partial charge in [-0.3, -0.25) is 4.72 Å². The minimum Gasteiger partial charge on any atom is -0.466 e. The third-order valence-corrected chi connectivity index (χ3v) is 3.52. The average molecular weight is 281 g/mol. The minimum absolute atomic E-state index is 0.0173. The van der Waals surface area contributed by atoms with E-state index in [4.69, 9.17) is 10.5 Å². The summed E-state index contributed by atoms with van der Waals surface area (Å²) in [6.45, 7) is 0. The van der Waals surface area contributed by atoms with Crippen LogP contribution in [0.5, 0.6) is 6.01 Å². The molecule has 0 spiro atoms. The van der Waals surface area contributed by atoms with Gasteiger partial charge in [0.15, 0.2) is 5.82 Å². The monoisotopic (exact) mass is 281 g/mol. The fourth-order valence-corrected chi connectivity index (χ4v) is 2.25. The molecule has 2 aromatic rings. The third-order valence-electron chi connectivity index (χ3n) is 2.15. The van der Waals surface area contributed by atoms with Gasteiger partial charge in [0.1, 0.15) is 0 Å². The summed E-state index contributed by atoms with van der Waals surface area (Å²) in [5, 5.41) is 7.10. The Kier molecular flexibility index (Phi) is 3.47. The third kappa shape index (κ3) is 3.07. The summed E-state index contributed by atoms with van der Waals surface area (Å²) in [5.41, 5.74) is 5.97. The first-order valence-electron chi connectivity index (χ1n) is 5.13. The Morgan fingerprint density at radius 3 is 2.58 bits per heavy atom. The van der Waals surface area contributed by atoms with Crippen LogP contribution in [0.2, 0.25) is 0 Å². The molecule has 0 bridgehead atoms. The molecule has 1 aromatic heterocycles. The van der Waals surface area contributed by atoms with Crippen LogP contribution in [0.25, 0.3) is 0 Å². The van der Waals surface area contributed by atoms with E-state index in [-0.39, 0.29) is 16.7 Å². The molecule has 9 heteroatoms. The number of rotatable bonds is 4. The van der Waals surface area contributed by atoms with Crippen LogP contribution >= 0.6 is 0 Å². The normalized spacial score (nSPS) is 11.0. The molecule has 0 saturated heterocycles. The SMILES string of the molecule is COc1nncc(NS(=O)(=O)c2ccc(N)cc2)n1. The number of anilines is 2. The molecular formula is C10H11N5O3S. The zero-order valence-electron chi connectivity index (χ0n) is 9.94. The molecular weight excluding hydrogens is 270 g/mol. The van der Waals surface area contributed by atoms with Crippen LogP contribution in [-0.2, 0) is 10.0 Å². The Bertz CT molecular complexity index is 672. The molecule has 2 rings (SSSR count). The molecule has 0 atom stereocenters. The molecule has 1 heterocycles. The second-order valence-corrected chi connectivity index (χ2v) is 5.19. The molecule has 8 nitrogen and oxygen atoms in total. The van der Waals surface area contributed by atoms with Crippen LogP contribution in [0.3, 0.4) is 0 Å². The van der Waals surface area contributed by atoms with Crippen molar-refractivity contribution in [2.45, 2.75) is 4.90 Å². The van der Waals surface area contributed by atoms with Crippen molar-refractivity contribution in [2.24, 2.45) is 0 Å². The largest absolute Gasteiger partial charge is 0.466 e. The fraction of sp³-hybridized carbons (Fsp3) is 0.100. The van der Waals surface area contributed by atoms with Crippen molar-refractivity contribution in [1.29, 1.82) is 0 Å². The van der Waals surface area contributed by atoms with Crippen molar-refractivity contribution in [3.05, 3.63) is 30.5 Å². The van der Waals surface area contributed by atoms with Gasteiger partial charge in [0.2, 0.25) is 0 Å². The highest BCUT2D eigenvalue weighted by Crippen LogP contribution is 2.15. The smallest absolute Gasteiger partial charge is 0.337 e. The lowest BCUT2D eigenvalue weighted by atomic mass is 10.3. The topological polar surface area (TPSA) is 120 Å². The van der Waals surface area contributed by atoms with Gasteiger partial charge >= 0.3 is 6.01 Å².